The van der Waals surface area contributed by atoms with Crippen LogP contribution in [0.3, 0.4) is 0 Å². The van der Waals surface area contributed by atoms with Gasteiger partial charge in [0.2, 0.25) is 5.71 Å². The van der Waals surface area contributed by atoms with E-state index in [2.05, 4.69) is 20.9 Å². The van der Waals surface area contributed by atoms with Crippen LogP contribution < -0.4 is 9.80 Å². The van der Waals surface area contributed by atoms with Crippen molar-refractivity contribution in [3.05, 3.63) is 47.0 Å². The molecule has 0 saturated carbocycles. The second-order valence-electron chi connectivity index (χ2n) is 7.61. The lowest BCUT2D eigenvalue weighted by molar-refractivity contribution is 0.0992. The zero-order chi connectivity index (χ0) is 19.8. The molecule has 1 aliphatic rings. The van der Waals surface area contributed by atoms with E-state index >= 15 is 0 Å². The number of furan rings is 1. The van der Waals surface area contributed by atoms with Crippen molar-refractivity contribution in [3.8, 4) is 0 Å². The lowest BCUT2D eigenvalue weighted by Crippen LogP contribution is -2.31. The van der Waals surface area contributed by atoms with Crippen LogP contribution in [0.2, 0.25) is 0 Å². The van der Waals surface area contributed by atoms with E-state index in [-0.39, 0.29) is 5.91 Å². The SMILES string of the molecule is Cc1ccc(C)c(N(C)C(=O)c2c(C)oc3ncnc(N4CCCCC4)c23)c1. The van der Waals surface area contributed by atoms with Crippen LogP contribution in [0.4, 0.5) is 11.5 Å². The molecule has 0 unspecified atom stereocenters. The summed E-state index contributed by atoms with van der Waals surface area (Å²) in [5, 5.41) is 0.726. The number of carbonyl (C=O) groups excluding carboxylic acids is 1. The highest BCUT2D eigenvalue weighted by atomic mass is 16.3. The second kappa shape index (κ2) is 7.26. The normalized spacial score (nSPS) is 14.5. The van der Waals surface area contributed by atoms with Crippen LogP contribution in [0.1, 0.15) is 46.5 Å². The summed E-state index contributed by atoms with van der Waals surface area (Å²) < 4.78 is 5.87. The van der Waals surface area contributed by atoms with Crippen molar-refractivity contribution in [1.29, 1.82) is 0 Å². The van der Waals surface area contributed by atoms with Gasteiger partial charge in [0.15, 0.2) is 0 Å². The van der Waals surface area contributed by atoms with Gasteiger partial charge in [0, 0.05) is 25.8 Å². The summed E-state index contributed by atoms with van der Waals surface area (Å²) in [7, 11) is 1.81. The zero-order valence-electron chi connectivity index (χ0n) is 17.0. The van der Waals surface area contributed by atoms with Crippen LogP contribution in [-0.4, -0.2) is 36.0 Å². The van der Waals surface area contributed by atoms with Crippen molar-refractivity contribution < 1.29 is 9.21 Å². The predicted molar refractivity (Wildman–Crippen MR) is 111 cm³/mol. The Morgan fingerprint density at radius 3 is 2.61 bits per heavy atom. The van der Waals surface area contributed by atoms with E-state index in [1.54, 1.807) is 4.90 Å². The fraction of sp³-hybridized carbons (Fsp3) is 0.409. The molecule has 1 amide bonds. The van der Waals surface area contributed by atoms with Crippen LogP contribution in [0, 0.1) is 20.8 Å². The number of rotatable bonds is 3. The summed E-state index contributed by atoms with van der Waals surface area (Å²) in [6.07, 6.45) is 5.02. The largest absolute Gasteiger partial charge is 0.442 e. The Kier molecular flexibility index (Phi) is 4.79. The molecule has 6 nitrogen and oxygen atoms in total. The Morgan fingerprint density at radius 1 is 1.11 bits per heavy atom. The molecule has 0 spiro atoms. The first kappa shape index (κ1) is 18.5. The Bertz CT molecular complexity index is 1030. The van der Waals surface area contributed by atoms with Gasteiger partial charge in [-0.1, -0.05) is 12.1 Å². The first-order chi connectivity index (χ1) is 13.5. The van der Waals surface area contributed by atoms with E-state index in [1.165, 1.54) is 12.7 Å². The van der Waals surface area contributed by atoms with Crippen molar-refractivity contribution >= 4 is 28.5 Å². The Labute approximate surface area is 165 Å². The van der Waals surface area contributed by atoms with Crippen molar-refractivity contribution in [2.75, 3.05) is 29.9 Å². The third kappa shape index (κ3) is 3.13. The fourth-order valence-corrected chi connectivity index (χ4v) is 3.99. The number of amides is 1. The van der Waals surface area contributed by atoms with Gasteiger partial charge < -0.3 is 14.2 Å². The van der Waals surface area contributed by atoms with Gasteiger partial charge in [0.25, 0.3) is 5.91 Å². The highest BCUT2D eigenvalue weighted by Gasteiger charge is 2.28. The molecule has 0 radical (unpaired) electrons. The number of carbonyl (C=O) groups is 1. The fourth-order valence-electron chi connectivity index (χ4n) is 3.99. The first-order valence-corrected chi connectivity index (χ1v) is 9.81. The summed E-state index contributed by atoms with van der Waals surface area (Å²) in [5.41, 5.74) is 4.10. The van der Waals surface area contributed by atoms with Crippen LogP contribution in [-0.2, 0) is 0 Å². The molecule has 6 heteroatoms. The summed E-state index contributed by atoms with van der Waals surface area (Å²) >= 11 is 0. The second-order valence-corrected chi connectivity index (χ2v) is 7.61. The molecular formula is C22H26N4O2. The topological polar surface area (TPSA) is 62.5 Å². The molecule has 1 aliphatic heterocycles. The van der Waals surface area contributed by atoms with Crippen molar-refractivity contribution in [2.45, 2.75) is 40.0 Å². The minimum absolute atomic E-state index is 0.0991. The molecule has 1 fully saturated rings. The molecule has 1 aromatic carbocycles. The van der Waals surface area contributed by atoms with E-state index in [1.807, 2.05) is 40.0 Å². The number of hydrogen-bond donors (Lipinski definition) is 0. The van der Waals surface area contributed by atoms with Gasteiger partial charge in [-0.3, -0.25) is 4.79 Å². The van der Waals surface area contributed by atoms with Gasteiger partial charge in [0.05, 0.1) is 10.9 Å². The van der Waals surface area contributed by atoms with Crippen molar-refractivity contribution in [3.63, 3.8) is 0 Å². The molecule has 2 aromatic heterocycles. The summed E-state index contributed by atoms with van der Waals surface area (Å²) in [6.45, 7) is 7.75. The predicted octanol–water partition coefficient (Wildman–Crippen LogP) is 4.41. The number of aromatic nitrogens is 2. The number of fused-ring (bicyclic) bond motifs is 1. The van der Waals surface area contributed by atoms with E-state index in [4.69, 9.17) is 4.42 Å². The summed E-state index contributed by atoms with van der Waals surface area (Å²) in [5.74, 6) is 1.29. The van der Waals surface area contributed by atoms with E-state index < -0.39 is 0 Å². The number of hydrogen-bond acceptors (Lipinski definition) is 5. The average molecular weight is 378 g/mol. The molecular weight excluding hydrogens is 352 g/mol. The maximum absolute atomic E-state index is 13.5. The molecule has 0 atom stereocenters. The highest BCUT2D eigenvalue weighted by Crippen LogP contribution is 2.34. The van der Waals surface area contributed by atoms with Gasteiger partial charge >= 0.3 is 0 Å². The summed E-state index contributed by atoms with van der Waals surface area (Å²) in [6, 6.07) is 6.13. The Balaban J connectivity index is 1.82. The van der Waals surface area contributed by atoms with Gasteiger partial charge in [-0.15, -0.1) is 0 Å². The smallest absolute Gasteiger partial charge is 0.262 e. The van der Waals surface area contributed by atoms with Gasteiger partial charge in [0.1, 0.15) is 17.9 Å². The van der Waals surface area contributed by atoms with Crippen molar-refractivity contribution in [2.24, 2.45) is 0 Å². The molecule has 1 saturated heterocycles. The van der Waals surface area contributed by atoms with Gasteiger partial charge in [-0.25, -0.2) is 9.97 Å². The highest BCUT2D eigenvalue weighted by molar-refractivity contribution is 6.16. The van der Waals surface area contributed by atoms with Crippen LogP contribution in [0.25, 0.3) is 11.1 Å². The molecule has 3 heterocycles. The maximum Gasteiger partial charge on any atom is 0.262 e. The molecule has 146 valence electrons. The number of benzene rings is 1. The maximum atomic E-state index is 13.5. The van der Waals surface area contributed by atoms with E-state index in [9.17, 15) is 4.79 Å². The monoisotopic (exact) mass is 378 g/mol. The number of aryl methyl sites for hydroxylation is 3. The van der Waals surface area contributed by atoms with Crippen LogP contribution >= 0.6 is 0 Å². The standard InChI is InChI=1S/C22H26N4O2/c1-14-8-9-15(2)17(12-14)25(4)22(27)18-16(3)28-21-19(18)20(23-13-24-21)26-10-6-5-7-11-26/h8-9,12-13H,5-7,10-11H2,1-4H3. The van der Waals surface area contributed by atoms with E-state index in [0.29, 0.717) is 17.0 Å². The Morgan fingerprint density at radius 2 is 1.86 bits per heavy atom. The third-order valence-corrected chi connectivity index (χ3v) is 5.54. The zero-order valence-corrected chi connectivity index (χ0v) is 17.0. The quantitative estimate of drug-likeness (QED) is 0.675. The lowest BCUT2D eigenvalue weighted by Gasteiger charge is -2.28. The molecule has 0 aliphatic carbocycles. The molecule has 0 N–H and O–H groups in total. The first-order valence-electron chi connectivity index (χ1n) is 9.81. The Hall–Kier alpha value is -2.89. The molecule has 4 rings (SSSR count). The van der Waals surface area contributed by atoms with Crippen LogP contribution in [0.5, 0.6) is 0 Å². The number of piperidine rings is 1. The lowest BCUT2D eigenvalue weighted by atomic mass is 10.1. The number of anilines is 2. The van der Waals surface area contributed by atoms with Crippen LogP contribution in [0.15, 0.2) is 28.9 Å². The third-order valence-electron chi connectivity index (χ3n) is 5.54. The van der Waals surface area contributed by atoms with E-state index in [0.717, 1.165) is 53.9 Å². The number of nitrogens with zero attached hydrogens (tertiary/aromatic N) is 4. The minimum atomic E-state index is -0.0991. The molecule has 0 bridgehead atoms. The minimum Gasteiger partial charge on any atom is -0.442 e. The molecule has 28 heavy (non-hydrogen) atoms. The van der Waals surface area contributed by atoms with Gasteiger partial charge in [-0.2, -0.15) is 0 Å². The molecule has 3 aromatic rings. The van der Waals surface area contributed by atoms with Crippen molar-refractivity contribution in [1.82, 2.24) is 9.97 Å². The van der Waals surface area contributed by atoms with Gasteiger partial charge in [-0.05, 0) is 57.2 Å². The average Bonchev–Trinajstić information content (AvgIpc) is 3.05. The summed E-state index contributed by atoms with van der Waals surface area (Å²) in [4.78, 5) is 26.3.